The molecule has 0 unspecified atom stereocenters. The summed E-state index contributed by atoms with van der Waals surface area (Å²) >= 11 is 0. The van der Waals surface area contributed by atoms with E-state index >= 15 is 0 Å². The third-order valence-electron chi connectivity index (χ3n) is 0. The van der Waals surface area contributed by atoms with Crippen LogP contribution in [0.5, 0.6) is 0 Å². The van der Waals surface area contributed by atoms with Gasteiger partial charge < -0.3 is 32.9 Å². The minimum absolute atomic E-state index is 0. The van der Waals surface area contributed by atoms with Crippen LogP contribution >= 0.6 is 0 Å². The zero-order valence-electron chi connectivity index (χ0n) is 4.05. The molecule has 0 bridgehead atoms. The van der Waals surface area contributed by atoms with Crippen molar-refractivity contribution in [3.63, 3.8) is 0 Å². The van der Waals surface area contributed by atoms with Crippen LogP contribution in [-0.2, 0) is 77.6 Å². The first-order valence-corrected chi connectivity index (χ1v) is 0. The molecule has 0 atom stereocenters. The SMILES string of the molecule is [Nb+5].[O-2].[O-2].[O-2].[O-2].[O-2].[O-2].[Sr+2].[Ta+5]. The van der Waals surface area contributed by atoms with Gasteiger partial charge in [-0.05, 0) is 0 Å². The van der Waals surface area contributed by atoms with Gasteiger partial charge in [-0.1, -0.05) is 0 Å². The zero-order chi connectivity index (χ0) is 0. The summed E-state index contributed by atoms with van der Waals surface area (Å²) in [5, 5.41) is 0. The largest absolute Gasteiger partial charge is 5.00 e. The monoisotopic (exact) mass is 458 g/mol. The molecule has 0 saturated heterocycles. The third-order valence-corrected chi connectivity index (χ3v) is 0. The standard InChI is InChI=1S/Nb.6O.Sr.Ta/q+5;6*-2;+2;+5. The van der Waals surface area contributed by atoms with Gasteiger partial charge in [-0.2, -0.15) is 0 Å². The fourth-order valence-electron chi connectivity index (χ4n) is 0. The Bertz CT molecular complexity index is 13.0. The molecule has 0 saturated carbocycles. The second-order valence-electron chi connectivity index (χ2n) is 0. The van der Waals surface area contributed by atoms with Crippen LogP contribution in [0.25, 0.3) is 0 Å². The van der Waals surface area contributed by atoms with E-state index in [2.05, 4.69) is 0 Å². The van der Waals surface area contributed by atoms with Crippen molar-refractivity contribution in [2.75, 3.05) is 0 Å². The predicted molar refractivity (Wildman–Crippen MR) is 9.87 cm³/mol. The molecular weight excluding hydrogens is 457 g/mol. The van der Waals surface area contributed by atoms with E-state index in [1.54, 1.807) is 0 Å². The summed E-state index contributed by atoms with van der Waals surface area (Å²) < 4.78 is 0. The Morgan fingerprint density at radius 3 is 0.444 bits per heavy atom. The van der Waals surface area contributed by atoms with E-state index in [1.165, 1.54) is 0 Å². The first-order valence-electron chi connectivity index (χ1n) is 0. The van der Waals surface area contributed by atoms with Gasteiger partial charge in [-0.3, -0.25) is 0 Å². The number of hydrogen-bond donors (Lipinski definition) is 0. The molecular formula is NbO6SrTa. The Morgan fingerprint density at radius 1 is 0.444 bits per heavy atom. The topological polar surface area (TPSA) is 171 Å². The Hall–Kier alpha value is 2.72. The molecule has 0 aromatic rings. The van der Waals surface area contributed by atoms with E-state index in [4.69, 9.17) is 0 Å². The molecule has 9 heteroatoms. The van der Waals surface area contributed by atoms with Crippen LogP contribution < -0.4 is 0 Å². The first kappa shape index (κ1) is 182. The number of rotatable bonds is 0. The minimum atomic E-state index is 0. The average molecular weight is 457 g/mol. The summed E-state index contributed by atoms with van der Waals surface area (Å²) in [7, 11) is 0. The summed E-state index contributed by atoms with van der Waals surface area (Å²) in [6, 6.07) is 0. The van der Waals surface area contributed by atoms with Gasteiger partial charge in [0.2, 0.25) is 0 Å². The third kappa shape index (κ3) is 110. The van der Waals surface area contributed by atoms with Crippen molar-refractivity contribution in [3.05, 3.63) is 0 Å². The summed E-state index contributed by atoms with van der Waals surface area (Å²) in [6.45, 7) is 0. The zero-order valence-corrected chi connectivity index (χ0v) is 12.9. The second kappa shape index (κ2) is 137. The van der Waals surface area contributed by atoms with Crippen molar-refractivity contribution in [3.8, 4) is 0 Å². The predicted octanol–water partition coefficient (Wildman–Crippen LogP) is -1.10. The molecule has 0 radical (unpaired) electrons. The Kier molecular flexibility index (Phi) is 2770. The second-order valence-corrected chi connectivity index (χ2v) is 0. The van der Waals surface area contributed by atoms with E-state index in [1.807, 2.05) is 0 Å². The van der Waals surface area contributed by atoms with Crippen LogP contribution in [0, 0.1) is 0 Å². The van der Waals surface area contributed by atoms with Crippen LogP contribution in [0.1, 0.15) is 0 Å². The van der Waals surface area contributed by atoms with E-state index < -0.39 is 0 Å². The smallest absolute Gasteiger partial charge is 2.00 e. The molecule has 0 aromatic heterocycles. The van der Waals surface area contributed by atoms with Crippen LogP contribution in [-0.4, -0.2) is 45.5 Å². The molecule has 0 aromatic carbocycles. The van der Waals surface area contributed by atoms with Gasteiger partial charge in [-0.15, -0.1) is 0 Å². The van der Waals surface area contributed by atoms with Crippen LogP contribution in [0.15, 0.2) is 0 Å². The van der Waals surface area contributed by atoms with Gasteiger partial charge in [0.05, 0.1) is 0 Å². The quantitative estimate of drug-likeness (QED) is 0.403. The van der Waals surface area contributed by atoms with Crippen molar-refractivity contribution in [2.24, 2.45) is 0 Å². The molecule has 0 N–H and O–H groups in total. The maximum atomic E-state index is 0. The summed E-state index contributed by atoms with van der Waals surface area (Å²) in [4.78, 5) is 0. The molecule has 0 amide bonds. The maximum Gasteiger partial charge on any atom is 5.00 e. The van der Waals surface area contributed by atoms with Crippen LogP contribution in [0.3, 0.4) is 0 Å². The van der Waals surface area contributed by atoms with Crippen LogP contribution in [0.2, 0.25) is 0 Å². The van der Waals surface area contributed by atoms with Gasteiger partial charge >= 0.3 is 90.2 Å². The molecule has 0 aliphatic carbocycles. The van der Waals surface area contributed by atoms with Crippen molar-refractivity contribution in [1.29, 1.82) is 0 Å². The van der Waals surface area contributed by atoms with Gasteiger partial charge in [-0.25, -0.2) is 0 Å². The Balaban J connectivity index is 0. The fraction of sp³-hybridized carbons (Fsp3) is 0. The molecule has 9 heavy (non-hydrogen) atoms. The first-order chi connectivity index (χ1) is 0. The van der Waals surface area contributed by atoms with E-state index in [0.717, 1.165) is 0 Å². The van der Waals surface area contributed by atoms with Crippen molar-refractivity contribution >= 4 is 45.5 Å². The van der Waals surface area contributed by atoms with Gasteiger partial charge in [0, 0.05) is 0 Å². The normalized spacial score (nSPS) is 0. The molecule has 48 valence electrons. The van der Waals surface area contributed by atoms with Gasteiger partial charge in [0.15, 0.2) is 0 Å². The molecule has 0 rings (SSSR count). The van der Waals surface area contributed by atoms with Crippen molar-refractivity contribution in [2.45, 2.75) is 0 Å². The Labute approximate surface area is 121 Å². The summed E-state index contributed by atoms with van der Waals surface area (Å²) in [6.07, 6.45) is 0. The van der Waals surface area contributed by atoms with Crippen LogP contribution in [0.4, 0.5) is 0 Å². The summed E-state index contributed by atoms with van der Waals surface area (Å²) in [5.41, 5.74) is 0. The molecule has 0 spiro atoms. The van der Waals surface area contributed by atoms with Crippen molar-refractivity contribution in [1.82, 2.24) is 0 Å². The van der Waals surface area contributed by atoms with Gasteiger partial charge in [0.25, 0.3) is 0 Å². The minimum Gasteiger partial charge on any atom is -2.00 e. The molecule has 0 aliphatic rings. The molecule has 0 heterocycles. The fourth-order valence-corrected chi connectivity index (χ4v) is 0. The van der Waals surface area contributed by atoms with E-state index in [0.29, 0.717) is 0 Å². The maximum absolute atomic E-state index is 0. The van der Waals surface area contributed by atoms with E-state index in [9.17, 15) is 0 Å². The number of hydrogen-bond acceptors (Lipinski definition) is 0. The molecule has 0 aliphatic heterocycles. The Morgan fingerprint density at radius 2 is 0.444 bits per heavy atom. The van der Waals surface area contributed by atoms with Gasteiger partial charge in [0.1, 0.15) is 0 Å². The molecule has 0 fully saturated rings. The summed E-state index contributed by atoms with van der Waals surface area (Å²) in [5.74, 6) is 0. The average Bonchev–Trinajstić information content (AvgIpc) is 0. The van der Waals surface area contributed by atoms with E-state index in [-0.39, 0.29) is 123 Å². The molecule has 6 nitrogen and oxygen atoms in total. The van der Waals surface area contributed by atoms with Crippen molar-refractivity contribution < 1.29 is 77.6 Å².